The van der Waals surface area contributed by atoms with Crippen molar-refractivity contribution in [2.75, 3.05) is 23.7 Å². The van der Waals surface area contributed by atoms with Gasteiger partial charge in [-0.25, -0.2) is 8.42 Å². The molecule has 8 heteroatoms. The Hall–Kier alpha value is -3.03. The molecule has 0 radical (unpaired) electrons. The van der Waals surface area contributed by atoms with Gasteiger partial charge in [-0.05, 0) is 66.9 Å². The molecule has 3 rings (SSSR count). The topological polar surface area (TPSA) is 75.7 Å². The number of sulfonamides is 1. The van der Waals surface area contributed by atoms with Gasteiger partial charge in [0, 0.05) is 10.6 Å². The molecule has 0 fully saturated rings. The molecule has 0 aliphatic rings. The van der Waals surface area contributed by atoms with Crippen LogP contribution in [0.15, 0.2) is 66.7 Å². The Morgan fingerprint density at radius 3 is 2.39 bits per heavy atom. The van der Waals surface area contributed by atoms with Gasteiger partial charge in [-0.1, -0.05) is 41.9 Å². The third kappa shape index (κ3) is 6.97. The second-order valence-electron chi connectivity index (χ2n) is 7.82. The number of nitrogens with one attached hydrogen (secondary N) is 1. The van der Waals surface area contributed by atoms with Crippen LogP contribution in [0.3, 0.4) is 0 Å². The van der Waals surface area contributed by atoms with Crippen molar-refractivity contribution in [2.24, 2.45) is 0 Å². The van der Waals surface area contributed by atoms with Crippen LogP contribution < -0.4 is 14.4 Å². The quantitative estimate of drug-likeness (QED) is 0.443. The Kier molecular flexibility index (Phi) is 8.00. The molecular weight excluding hydrogens is 460 g/mol. The van der Waals surface area contributed by atoms with Crippen molar-refractivity contribution < 1.29 is 17.9 Å². The molecule has 0 spiro atoms. The largest absolute Gasteiger partial charge is 0.492 e. The lowest BCUT2D eigenvalue weighted by Gasteiger charge is -2.23. The normalized spacial score (nSPS) is 11.2. The van der Waals surface area contributed by atoms with Crippen LogP contribution in [0.25, 0.3) is 0 Å². The summed E-state index contributed by atoms with van der Waals surface area (Å²) in [4.78, 5) is 12.4. The first kappa shape index (κ1) is 24.6. The summed E-state index contributed by atoms with van der Waals surface area (Å²) in [7, 11) is -3.53. The van der Waals surface area contributed by atoms with Crippen molar-refractivity contribution >= 4 is 33.2 Å². The third-order valence-electron chi connectivity index (χ3n) is 5.03. The first-order valence-electron chi connectivity index (χ1n) is 10.4. The van der Waals surface area contributed by atoms with Crippen LogP contribution in [0.1, 0.15) is 27.0 Å². The number of aryl methyl sites for hydroxylation is 2. The lowest BCUT2D eigenvalue weighted by molar-refractivity contribution is 0.0947. The SMILES string of the molecule is Cc1cccc(OCCNC(=O)c2ccc(CN(c3ccc(C)c(Cl)c3)S(C)(=O)=O)cc2)c1. The van der Waals surface area contributed by atoms with E-state index in [0.29, 0.717) is 29.4 Å². The number of benzene rings is 3. The fourth-order valence-corrected chi connectivity index (χ4v) is 4.26. The molecule has 3 aromatic carbocycles. The summed E-state index contributed by atoms with van der Waals surface area (Å²) < 4.78 is 31.7. The lowest BCUT2D eigenvalue weighted by Crippen LogP contribution is -2.29. The Balaban J connectivity index is 1.59. The number of amides is 1. The number of halogens is 1. The van der Waals surface area contributed by atoms with Gasteiger partial charge in [0.05, 0.1) is 25.0 Å². The number of anilines is 1. The van der Waals surface area contributed by atoms with Crippen molar-refractivity contribution in [2.45, 2.75) is 20.4 Å². The summed E-state index contributed by atoms with van der Waals surface area (Å²) in [5, 5.41) is 3.32. The van der Waals surface area contributed by atoms with Gasteiger partial charge in [0.25, 0.3) is 5.91 Å². The second-order valence-corrected chi connectivity index (χ2v) is 10.1. The molecule has 33 heavy (non-hydrogen) atoms. The summed E-state index contributed by atoms with van der Waals surface area (Å²) in [5.74, 6) is 0.540. The molecule has 0 saturated carbocycles. The molecule has 1 amide bonds. The first-order chi connectivity index (χ1) is 15.6. The van der Waals surface area contributed by atoms with Crippen molar-refractivity contribution in [3.8, 4) is 5.75 Å². The minimum atomic E-state index is -3.53. The fraction of sp³-hybridized carbons (Fsp3) is 0.240. The smallest absolute Gasteiger partial charge is 0.251 e. The Labute approximate surface area is 200 Å². The van der Waals surface area contributed by atoms with Crippen LogP contribution in [0.2, 0.25) is 5.02 Å². The van der Waals surface area contributed by atoms with Crippen molar-refractivity contribution in [3.63, 3.8) is 0 Å². The zero-order chi connectivity index (χ0) is 24.0. The highest BCUT2D eigenvalue weighted by Gasteiger charge is 2.19. The Bertz CT molecular complexity index is 1230. The van der Waals surface area contributed by atoms with Crippen LogP contribution in [-0.4, -0.2) is 33.7 Å². The molecule has 0 aliphatic carbocycles. The first-order valence-corrected chi connectivity index (χ1v) is 12.7. The molecule has 0 saturated heterocycles. The maximum atomic E-state index is 12.4. The molecule has 0 aliphatic heterocycles. The molecule has 0 heterocycles. The maximum absolute atomic E-state index is 12.4. The molecule has 0 bridgehead atoms. The van der Waals surface area contributed by atoms with Gasteiger partial charge >= 0.3 is 0 Å². The van der Waals surface area contributed by atoms with Crippen LogP contribution >= 0.6 is 11.6 Å². The number of hydrogen-bond acceptors (Lipinski definition) is 4. The van der Waals surface area contributed by atoms with E-state index in [1.165, 1.54) is 4.31 Å². The van der Waals surface area contributed by atoms with Gasteiger partial charge in [-0.2, -0.15) is 0 Å². The van der Waals surface area contributed by atoms with Crippen molar-refractivity contribution in [1.29, 1.82) is 0 Å². The van der Waals surface area contributed by atoms with Gasteiger partial charge in [0.2, 0.25) is 10.0 Å². The second kappa shape index (κ2) is 10.7. The molecule has 1 N–H and O–H groups in total. The molecule has 174 valence electrons. The number of carbonyl (C=O) groups is 1. The van der Waals surface area contributed by atoms with Crippen LogP contribution in [0, 0.1) is 13.8 Å². The van der Waals surface area contributed by atoms with E-state index in [-0.39, 0.29) is 12.5 Å². The number of hydrogen-bond donors (Lipinski definition) is 1. The van der Waals surface area contributed by atoms with E-state index in [4.69, 9.17) is 16.3 Å². The van der Waals surface area contributed by atoms with Gasteiger partial charge in [0.1, 0.15) is 12.4 Å². The van der Waals surface area contributed by atoms with Crippen LogP contribution in [-0.2, 0) is 16.6 Å². The zero-order valence-electron chi connectivity index (χ0n) is 18.8. The summed E-state index contributed by atoms with van der Waals surface area (Å²) in [6, 6.07) is 19.7. The fourth-order valence-electron chi connectivity index (χ4n) is 3.20. The van der Waals surface area contributed by atoms with Crippen molar-refractivity contribution in [1.82, 2.24) is 5.32 Å². The van der Waals surface area contributed by atoms with E-state index in [9.17, 15) is 13.2 Å². The number of ether oxygens (including phenoxy) is 1. The van der Waals surface area contributed by atoms with Gasteiger partial charge < -0.3 is 10.1 Å². The summed E-state index contributed by atoms with van der Waals surface area (Å²) in [6.45, 7) is 4.70. The monoisotopic (exact) mass is 486 g/mol. The summed E-state index contributed by atoms with van der Waals surface area (Å²) in [5.41, 5.74) is 3.70. The minimum absolute atomic E-state index is 0.129. The lowest BCUT2D eigenvalue weighted by atomic mass is 10.1. The van der Waals surface area contributed by atoms with E-state index in [2.05, 4.69) is 5.32 Å². The number of nitrogens with zero attached hydrogens (tertiary/aromatic N) is 1. The molecular formula is C25H27ClN2O4S. The predicted molar refractivity (Wildman–Crippen MR) is 133 cm³/mol. The maximum Gasteiger partial charge on any atom is 0.251 e. The van der Waals surface area contributed by atoms with E-state index >= 15 is 0 Å². The number of rotatable bonds is 9. The molecule has 0 aromatic heterocycles. The molecule has 6 nitrogen and oxygen atoms in total. The molecule has 3 aromatic rings. The van der Waals surface area contributed by atoms with Gasteiger partial charge in [0.15, 0.2) is 0 Å². The van der Waals surface area contributed by atoms with Gasteiger partial charge in [-0.15, -0.1) is 0 Å². The molecule has 0 atom stereocenters. The highest BCUT2D eigenvalue weighted by atomic mass is 35.5. The van der Waals surface area contributed by atoms with E-state index < -0.39 is 10.0 Å². The standard InChI is InChI=1S/C25H27ClN2O4S/c1-18-5-4-6-23(15-18)32-14-13-27-25(29)21-10-8-20(9-11-21)17-28(33(3,30)31)22-12-7-19(2)24(26)16-22/h4-12,15-16H,13-14,17H2,1-3H3,(H,27,29). The Morgan fingerprint density at radius 1 is 1.03 bits per heavy atom. The van der Waals surface area contributed by atoms with Crippen molar-refractivity contribution in [3.05, 3.63) is 94.0 Å². The minimum Gasteiger partial charge on any atom is -0.492 e. The highest BCUT2D eigenvalue weighted by molar-refractivity contribution is 7.92. The van der Waals surface area contributed by atoms with Crippen LogP contribution in [0.4, 0.5) is 5.69 Å². The van der Waals surface area contributed by atoms with Gasteiger partial charge in [-0.3, -0.25) is 9.10 Å². The van der Waals surface area contributed by atoms with Crippen LogP contribution in [0.5, 0.6) is 5.75 Å². The Morgan fingerprint density at radius 2 is 1.76 bits per heavy atom. The van der Waals surface area contributed by atoms with E-state index in [0.717, 1.165) is 28.7 Å². The molecule has 0 unspecified atom stereocenters. The summed E-state index contributed by atoms with van der Waals surface area (Å²) in [6.07, 6.45) is 1.15. The predicted octanol–water partition coefficient (Wildman–Crippen LogP) is 4.73. The van der Waals surface area contributed by atoms with E-state index in [1.54, 1.807) is 42.5 Å². The highest BCUT2D eigenvalue weighted by Crippen LogP contribution is 2.26. The average molecular weight is 487 g/mol. The number of carbonyl (C=O) groups excluding carboxylic acids is 1. The zero-order valence-corrected chi connectivity index (χ0v) is 20.4. The average Bonchev–Trinajstić information content (AvgIpc) is 2.76. The summed E-state index contributed by atoms with van der Waals surface area (Å²) >= 11 is 6.19. The third-order valence-corrected chi connectivity index (χ3v) is 6.58. The van der Waals surface area contributed by atoms with E-state index in [1.807, 2.05) is 38.1 Å².